The lowest BCUT2D eigenvalue weighted by Crippen LogP contribution is -1.98. The average molecular weight is 215 g/mol. The summed E-state index contributed by atoms with van der Waals surface area (Å²) >= 11 is 0. The molecule has 0 aliphatic heterocycles. The molecule has 0 bridgehead atoms. The Balaban J connectivity index is 1.94. The van der Waals surface area contributed by atoms with Gasteiger partial charge in [0.1, 0.15) is 12.4 Å². The molecule has 0 fully saturated rings. The maximum absolute atomic E-state index is 5.38. The lowest BCUT2D eigenvalue weighted by molar-refractivity contribution is 0.280. The van der Waals surface area contributed by atoms with Crippen molar-refractivity contribution in [3.8, 4) is 11.8 Å². The van der Waals surface area contributed by atoms with Gasteiger partial charge in [0, 0.05) is 18.5 Å². The number of hydrogen-bond donors (Lipinski definition) is 0. The Morgan fingerprint density at radius 1 is 1.12 bits per heavy atom. The van der Waals surface area contributed by atoms with Crippen molar-refractivity contribution in [3.05, 3.63) is 48.3 Å². The summed E-state index contributed by atoms with van der Waals surface area (Å²) in [7, 11) is 1.64. The van der Waals surface area contributed by atoms with Gasteiger partial charge in [-0.15, -0.1) is 0 Å². The third-order valence-corrected chi connectivity index (χ3v) is 2.03. The number of nitrogens with zero attached hydrogens (tertiary/aromatic N) is 2. The van der Waals surface area contributed by atoms with E-state index < -0.39 is 0 Å². The standard InChI is InChI=1S/C12H11N2O2/c1-15-11-5-3-10(4-6-11)9-16-12-13-7-2-8-14-12/h3-8H,9H2,1H3. The van der Waals surface area contributed by atoms with Crippen molar-refractivity contribution in [1.82, 2.24) is 9.97 Å². The molecule has 0 amide bonds. The minimum absolute atomic E-state index is 0.356. The van der Waals surface area contributed by atoms with Crippen molar-refractivity contribution in [3.63, 3.8) is 0 Å². The zero-order chi connectivity index (χ0) is 11.2. The molecule has 1 heterocycles. The van der Waals surface area contributed by atoms with Crippen LogP contribution in [0.5, 0.6) is 11.8 Å². The van der Waals surface area contributed by atoms with Crippen LogP contribution in [-0.2, 0) is 6.61 Å². The smallest absolute Gasteiger partial charge is 0.316 e. The monoisotopic (exact) mass is 215 g/mol. The van der Waals surface area contributed by atoms with E-state index in [0.717, 1.165) is 11.3 Å². The first kappa shape index (κ1) is 10.4. The van der Waals surface area contributed by atoms with E-state index in [1.165, 1.54) is 12.4 Å². The van der Waals surface area contributed by atoms with Gasteiger partial charge in [0.2, 0.25) is 0 Å². The Labute approximate surface area is 93.9 Å². The molecule has 4 heteroatoms. The van der Waals surface area contributed by atoms with Gasteiger partial charge in [-0.1, -0.05) is 12.1 Å². The van der Waals surface area contributed by atoms with E-state index in [2.05, 4.69) is 16.0 Å². The largest absolute Gasteiger partial charge is 0.497 e. The Hall–Kier alpha value is -2.10. The van der Waals surface area contributed by atoms with Crippen LogP contribution in [0.2, 0.25) is 0 Å². The molecule has 0 aliphatic carbocycles. The average Bonchev–Trinajstić information content (AvgIpc) is 2.38. The fraction of sp³-hybridized carbons (Fsp3) is 0.167. The number of rotatable bonds is 4. The summed E-state index contributed by atoms with van der Waals surface area (Å²) in [6.45, 7) is 0.438. The normalized spacial score (nSPS) is 9.81. The van der Waals surface area contributed by atoms with Crippen molar-refractivity contribution >= 4 is 0 Å². The molecule has 16 heavy (non-hydrogen) atoms. The Morgan fingerprint density at radius 3 is 2.44 bits per heavy atom. The van der Waals surface area contributed by atoms with Gasteiger partial charge in [0.05, 0.1) is 7.11 Å². The van der Waals surface area contributed by atoms with E-state index >= 15 is 0 Å². The van der Waals surface area contributed by atoms with E-state index in [-0.39, 0.29) is 0 Å². The highest BCUT2D eigenvalue weighted by molar-refractivity contribution is 5.26. The van der Waals surface area contributed by atoms with Crippen molar-refractivity contribution in [2.45, 2.75) is 6.61 Å². The number of methoxy groups -OCH3 is 1. The van der Waals surface area contributed by atoms with Crippen LogP contribution in [0.1, 0.15) is 5.56 Å². The van der Waals surface area contributed by atoms with Crippen molar-refractivity contribution in [2.75, 3.05) is 7.11 Å². The second-order valence-corrected chi connectivity index (χ2v) is 3.10. The summed E-state index contributed by atoms with van der Waals surface area (Å²) in [6, 6.07) is 10.7. The summed E-state index contributed by atoms with van der Waals surface area (Å²) in [5.74, 6) is 0.828. The summed E-state index contributed by atoms with van der Waals surface area (Å²) in [5.41, 5.74) is 1.04. The van der Waals surface area contributed by atoms with Gasteiger partial charge in [-0.2, -0.15) is 0 Å². The lowest BCUT2D eigenvalue weighted by Gasteiger charge is -2.04. The van der Waals surface area contributed by atoms with Crippen LogP contribution in [0.15, 0.2) is 36.7 Å². The maximum Gasteiger partial charge on any atom is 0.316 e. The Morgan fingerprint density at radius 2 is 1.81 bits per heavy atom. The van der Waals surface area contributed by atoms with Crippen molar-refractivity contribution < 1.29 is 9.47 Å². The predicted octanol–water partition coefficient (Wildman–Crippen LogP) is 1.86. The third kappa shape index (κ3) is 2.70. The SMILES string of the molecule is COc1ccc(COc2nc[c]cn2)cc1. The first-order valence-corrected chi connectivity index (χ1v) is 4.82. The maximum atomic E-state index is 5.38. The molecule has 1 aromatic carbocycles. The molecule has 1 radical (unpaired) electrons. The first-order valence-electron chi connectivity index (χ1n) is 4.82. The molecule has 0 N–H and O–H groups in total. The van der Waals surface area contributed by atoms with E-state index in [4.69, 9.17) is 9.47 Å². The minimum atomic E-state index is 0.356. The lowest BCUT2D eigenvalue weighted by atomic mass is 10.2. The van der Waals surface area contributed by atoms with Gasteiger partial charge >= 0.3 is 6.01 Å². The van der Waals surface area contributed by atoms with E-state index in [1.54, 1.807) is 7.11 Å². The topological polar surface area (TPSA) is 44.2 Å². The molecule has 0 unspecified atom stereocenters. The van der Waals surface area contributed by atoms with Gasteiger partial charge in [-0.3, -0.25) is 0 Å². The first-order chi connectivity index (χ1) is 7.88. The van der Waals surface area contributed by atoms with Gasteiger partial charge < -0.3 is 9.47 Å². The molecular formula is C12H11N2O2. The predicted molar refractivity (Wildman–Crippen MR) is 58.2 cm³/mol. The molecule has 0 saturated heterocycles. The molecule has 4 nitrogen and oxygen atoms in total. The van der Waals surface area contributed by atoms with Crippen molar-refractivity contribution in [1.29, 1.82) is 0 Å². The van der Waals surface area contributed by atoms with E-state index in [0.29, 0.717) is 12.6 Å². The second kappa shape index (κ2) is 5.11. The van der Waals surface area contributed by atoms with E-state index in [9.17, 15) is 0 Å². The van der Waals surface area contributed by atoms with Crippen molar-refractivity contribution in [2.24, 2.45) is 0 Å². The van der Waals surface area contributed by atoms with Crippen LogP contribution in [0.4, 0.5) is 0 Å². The molecule has 0 saturated carbocycles. The summed E-state index contributed by atoms with van der Waals surface area (Å²) in [4.78, 5) is 7.83. The van der Waals surface area contributed by atoms with Gasteiger partial charge in [0.25, 0.3) is 0 Å². The van der Waals surface area contributed by atoms with Crippen LogP contribution in [0, 0.1) is 6.07 Å². The molecule has 2 aromatic rings. The van der Waals surface area contributed by atoms with Crippen LogP contribution in [0.3, 0.4) is 0 Å². The molecule has 81 valence electrons. The molecule has 0 aliphatic rings. The fourth-order valence-electron chi connectivity index (χ4n) is 1.20. The van der Waals surface area contributed by atoms with Gasteiger partial charge in [0.15, 0.2) is 0 Å². The Kier molecular flexibility index (Phi) is 3.33. The summed E-state index contributed by atoms with van der Waals surface area (Å²) in [5, 5.41) is 0. The molecule has 0 spiro atoms. The summed E-state index contributed by atoms with van der Waals surface area (Å²) in [6.07, 6.45) is 3.05. The molecular weight excluding hydrogens is 204 g/mol. The minimum Gasteiger partial charge on any atom is -0.497 e. The molecule has 2 rings (SSSR count). The van der Waals surface area contributed by atoms with Gasteiger partial charge in [-0.25, -0.2) is 9.97 Å². The van der Waals surface area contributed by atoms with Crippen LogP contribution in [0.25, 0.3) is 0 Å². The number of ether oxygens (including phenoxy) is 2. The highest BCUT2D eigenvalue weighted by atomic mass is 16.5. The fourth-order valence-corrected chi connectivity index (χ4v) is 1.20. The quantitative estimate of drug-likeness (QED) is 0.780. The van der Waals surface area contributed by atoms with Crippen LogP contribution < -0.4 is 9.47 Å². The molecule has 0 atom stereocenters. The van der Waals surface area contributed by atoms with E-state index in [1.807, 2.05) is 24.3 Å². The zero-order valence-corrected chi connectivity index (χ0v) is 8.88. The third-order valence-electron chi connectivity index (χ3n) is 2.03. The van der Waals surface area contributed by atoms with Crippen LogP contribution >= 0.6 is 0 Å². The number of benzene rings is 1. The number of aromatic nitrogens is 2. The highest BCUT2D eigenvalue weighted by Crippen LogP contribution is 2.12. The summed E-state index contributed by atoms with van der Waals surface area (Å²) < 4.78 is 10.4. The second-order valence-electron chi connectivity index (χ2n) is 3.10. The van der Waals surface area contributed by atoms with Gasteiger partial charge in [-0.05, 0) is 17.7 Å². The Bertz CT molecular complexity index is 429. The molecule has 1 aromatic heterocycles. The number of hydrogen-bond acceptors (Lipinski definition) is 4. The highest BCUT2D eigenvalue weighted by Gasteiger charge is 1.97. The van der Waals surface area contributed by atoms with Crippen LogP contribution in [-0.4, -0.2) is 17.1 Å². The zero-order valence-electron chi connectivity index (χ0n) is 8.88.